The van der Waals surface area contributed by atoms with E-state index in [0.717, 1.165) is 5.56 Å². The highest BCUT2D eigenvalue weighted by atomic mass is 35.5. The smallest absolute Gasteiger partial charge is 0.133 e. The zero-order chi connectivity index (χ0) is 15.4. The van der Waals surface area contributed by atoms with Crippen molar-refractivity contribution in [3.8, 4) is 0 Å². The summed E-state index contributed by atoms with van der Waals surface area (Å²) in [5.41, 5.74) is 7.78. The van der Waals surface area contributed by atoms with Gasteiger partial charge < -0.3 is 11.1 Å². The molecule has 0 radical (unpaired) electrons. The SMILES string of the molecule is C=Cc1cccc(F)c1C(=N)/C=C(\N)c1ccc(Cl)cc1. The quantitative estimate of drug-likeness (QED) is 0.803. The zero-order valence-corrected chi connectivity index (χ0v) is 12.0. The molecule has 0 heterocycles. The van der Waals surface area contributed by atoms with E-state index in [9.17, 15) is 4.39 Å². The highest BCUT2D eigenvalue weighted by Crippen LogP contribution is 2.19. The molecule has 0 aliphatic carbocycles. The molecule has 2 rings (SSSR count). The summed E-state index contributed by atoms with van der Waals surface area (Å²) in [5, 5.41) is 8.67. The Labute approximate surface area is 127 Å². The summed E-state index contributed by atoms with van der Waals surface area (Å²) in [6, 6.07) is 11.5. The minimum Gasteiger partial charge on any atom is -0.398 e. The third-order valence-corrected chi connectivity index (χ3v) is 3.26. The molecule has 2 aromatic rings. The van der Waals surface area contributed by atoms with Crippen LogP contribution in [0.2, 0.25) is 5.02 Å². The van der Waals surface area contributed by atoms with E-state index in [1.165, 1.54) is 18.2 Å². The summed E-state index contributed by atoms with van der Waals surface area (Å²) < 4.78 is 13.9. The largest absolute Gasteiger partial charge is 0.398 e. The van der Waals surface area contributed by atoms with Gasteiger partial charge in [0.15, 0.2) is 0 Å². The Morgan fingerprint density at radius 3 is 2.48 bits per heavy atom. The molecule has 4 heteroatoms. The number of allylic oxidation sites excluding steroid dienone is 1. The van der Waals surface area contributed by atoms with Gasteiger partial charge in [0.25, 0.3) is 0 Å². The zero-order valence-electron chi connectivity index (χ0n) is 11.2. The van der Waals surface area contributed by atoms with Crippen LogP contribution in [0.1, 0.15) is 16.7 Å². The number of nitrogens with one attached hydrogen (secondary N) is 1. The number of halogens is 2. The molecule has 3 N–H and O–H groups in total. The maximum atomic E-state index is 13.9. The molecule has 0 spiro atoms. The van der Waals surface area contributed by atoms with Gasteiger partial charge in [0.05, 0.1) is 5.71 Å². The molecule has 0 aromatic heterocycles. The van der Waals surface area contributed by atoms with Crippen LogP contribution in [0.25, 0.3) is 11.8 Å². The fourth-order valence-electron chi connectivity index (χ4n) is 1.95. The molecule has 0 unspecified atom stereocenters. The number of hydrogen-bond donors (Lipinski definition) is 2. The van der Waals surface area contributed by atoms with Gasteiger partial charge in [0.2, 0.25) is 0 Å². The van der Waals surface area contributed by atoms with Crippen LogP contribution >= 0.6 is 11.6 Å². The lowest BCUT2D eigenvalue weighted by molar-refractivity contribution is 0.625. The maximum absolute atomic E-state index is 13.9. The fourth-order valence-corrected chi connectivity index (χ4v) is 2.07. The van der Waals surface area contributed by atoms with E-state index < -0.39 is 5.82 Å². The summed E-state index contributed by atoms with van der Waals surface area (Å²) in [6.07, 6.45) is 2.94. The van der Waals surface area contributed by atoms with Crippen LogP contribution in [0, 0.1) is 11.2 Å². The Morgan fingerprint density at radius 2 is 1.86 bits per heavy atom. The molecule has 0 amide bonds. The average molecular weight is 301 g/mol. The first-order valence-corrected chi connectivity index (χ1v) is 6.63. The molecule has 0 saturated carbocycles. The van der Waals surface area contributed by atoms with Gasteiger partial charge >= 0.3 is 0 Å². The predicted molar refractivity (Wildman–Crippen MR) is 86.9 cm³/mol. The van der Waals surface area contributed by atoms with Gasteiger partial charge in [-0.25, -0.2) is 4.39 Å². The lowest BCUT2D eigenvalue weighted by Crippen LogP contribution is -2.06. The second-order valence-electron chi connectivity index (χ2n) is 4.43. The number of rotatable bonds is 4. The predicted octanol–water partition coefficient (Wildman–Crippen LogP) is 4.49. The van der Waals surface area contributed by atoms with Crippen LogP contribution in [0.5, 0.6) is 0 Å². The number of benzene rings is 2. The van der Waals surface area contributed by atoms with Gasteiger partial charge in [0, 0.05) is 16.3 Å². The van der Waals surface area contributed by atoms with Crippen molar-refractivity contribution < 1.29 is 4.39 Å². The molecule has 0 saturated heterocycles. The van der Waals surface area contributed by atoms with Crippen molar-refractivity contribution in [2.75, 3.05) is 0 Å². The molecule has 2 aromatic carbocycles. The molecule has 0 aliphatic heterocycles. The minimum absolute atomic E-state index is 0.00421. The van der Waals surface area contributed by atoms with Crippen molar-refractivity contribution in [3.63, 3.8) is 0 Å². The summed E-state index contributed by atoms with van der Waals surface area (Å²) in [4.78, 5) is 0. The molecule has 106 valence electrons. The van der Waals surface area contributed by atoms with E-state index in [0.29, 0.717) is 16.3 Å². The van der Waals surface area contributed by atoms with Gasteiger partial charge in [0.1, 0.15) is 5.82 Å². The van der Waals surface area contributed by atoms with Crippen molar-refractivity contribution in [2.45, 2.75) is 0 Å². The van der Waals surface area contributed by atoms with Crippen molar-refractivity contribution in [1.82, 2.24) is 0 Å². The fraction of sp³-hybridized carbons (Fsp3) is 0. The van der Waals surface area contributed by atoms with Gasteiger partial charge in [-0.3, -0.25) is 0 Å². The molecule has 21 heavy (non-hydrogen) atoms. The molecule has 0 atom stereocenters. The van der Waals surface area contributed by atoms with Crippen LogP contribution in [-0.2, 0) is 0 Å². The Kier molecular flexibility index (Phi) is 4.55. The first-order chi connectivity index (χ1) is 10.0. The van der Waals surface area contributed by atoms with Gasteiger partial charge in [-0.05, 0) is 35.4 Å². The van der Waals surface area contributed by atoms with E-state index in [4.69, 9.17) is 22.7 Å². The standard InChI is InChI=1S/C17H14ClFN2/c1-2-11-4-3-5-14(19)17(11)16(21)10-15(20)12-6-8-13(18)9-7-12/h2-10,21H,1,20H2/b15-10-,21-16?. The summed E-state index contributed by atoms with van der Waals surface area (Å²) in [7, 11) is 0. The molecular formula is C17H14ClFN2. The second kappa shape index (κ2) is 6.37. The van der Waals surface area contributed by atoms with Crippen LogP contribution in [0.4, 0.5) is 4.39 Å². The molecule has 0 bridgehead atoms. The third kappa shape index (κ3) is 3.38. The Bertz CT molecular complexity index is 718. The second-order valence-corrected chi connectivity index (χ2v) is 4.86. The summed E-state index contributed by atoms with van der Waals surface area (Å²) >= 11 is 5.82. The van der Waals surface area contributed by atoms with E-state index >= 15 is 0 Å². The normalized spacial score (nSPS) is 11.2. The van der Waals surface area contributed by atoms with Crippen LogP contribution in [0.15, 0.2) is 55.1 Å². The molecule has 2 nitrogen and oxygen atoms in total. The summed E-state index contributed by atoms with van der Waals surface area (Å²) in [6.45, 7) is 3.63. The van der Waals surface area contributed by atoms with E-state index in [1.807, 2.05) is 0 Å². The lowest BCUT2D eigenvalue weighted by Gasteiger charge is -2.08. The van der Waals surface area contributed by atoms with Gasteiger partial charge in [-0.2, -0.15) is 0 Å². The number of hydrogen-bond acceptors (Lipinski definition) is 2. The lowest BCUT2D eigenvalue weighted by atomic mass is 10.0. The number of nitrogens with two attached hydrogens (primary N) is 1. The van der Waals surface area contributed by atoms with Crippen molar-refractivity contribution in [2.24, 2.45) is 5.73 Å². The minimum atomic E-state index is -0.474. The van der Waals surface area contributed by atoms with E-state index in [1.54, 1.807) is 36.4 Å². The van der Waals surface area contributed by atoms with Crippen molar-refractivity contribution in [1.29, 1.82) is 5.41 Å². The first kappa shape index (κ1) is 15.0. The third-order valence-electron chi connectivity index (χ3n) is 3.01. The molecule has 0 fully saturated rings. The topological polar surface area (TPSA) is 49.9 Å². The Balaban J connectivity index is 2.39. The van der Waals surface area contributed by atoms with Gasteiger partial charge in [-0.1, -0.05) is 48.5 Å². The van der Waals surface area contributed by atoms with Crippen LogP contribution in [-0.4, -0.2) is 5.71 Å². The van der Waals surface area contributed by atoms with Crippen LogP contribution in [0.3, 0.4) is 0 Å². The van der Waals surface area contributed by atoms with Crippen molar-refractivity contribution >= 4 is 29.1 Å². The van der Waals surface area contributed by atoms with Gasteiger partial charge in [-0.15, -0.1) is 0 Å². The molecular weight excluding hydrogens is 287 g/mol. The van der Waals surface area contributed by atoms with Crippen LogP contribution < -0.4 is 5.73 Å². The average Bonchev–Trinajstić information content (AvgIpc) is 2.47. The molecule has 0 aliphatic rings. The first-order valence-electron chi connectivity index (χ1n) is 6.26. The summed E-state index contributed by atoms with van der Waals surface area (Å²) in [5.74, 6) is -0.474. The van der Waals surface area contributed by atoms with E-state index in [2.05, 4.69) is 6.58 Å². The van der Waals surface area contributed by atoms with E-state index in [-0.39, 0.29) is 11.3 Å². The Hall–Kier alpha value is -2.39. The monoisotopic (exact) mass is 300 g/mol. The Morgan fingerprint density at radius 1 is 1.19 bits per heavy atom. The highest BCUT2D eigenvalue weighted by Gasteiger charge is 2.10. The van der Waals surface area contributed by atoms with Crippen molar-refractivity contribution in [3.05, 3.63) is 82.6 Å². The maximum Gasteiger partial charge on any atom is 0.133 e. The highest BCUT2D eigenvalue weighted by molar-refractivity contribution is 6.30.